The molecule has 0 heterocycles. The van der Waals surface area contributed by atoms with E-state index in [4.69, 9.17) is 4.74 Å². The summed E-state index contributed by atoms with van der Waals surface area (Å²) < 4.78 is 99.9. The number of methoxy groups -OCH3 is 1. The van der Waals surface area contributed by atoms with Crippen molar-refractivity contribution in [2.45, 2.75) is 19.0 Å². The summed E-state index contributed by atoms with van der Waals surface area (Å²) >= 11 is 0. The van der Waals surface area contributed by atoms with Crippen molar-refractivity contribution in [1.82, 2.24) is 0 Å². The third kappa shape index (κ3) is 2.73. The lowest BCUT2D eigenvalue weighted by Gasteiger charge is -2.22. The van der Waals surface area contributed by atoms with Gasteiger partial charge >= 0.3 is 6.18 Å². The van der Waals surface area contributed by atoms with Crippen LogP contribution in [-0.4, -0.2) is 7.11 Å². The maximum Gasteiger partial charge on any atom is 0.422 e. The molecule has 1 nitrogen and oxygen atoms in total. The lowest BCUT2D eigenvalue weighted by atomic mass is 9.85. The molecule has 1 aliphatic rings. The second-order valence-corrected chi connectivity index (χ2v) is 5.65. The number of halogens is 7. The molecule has 0 saturated heterocycles. The number of fused-ring (bicyclic) bond motifs is 1. The van der Waals surface area contributed by atoms with E-state index in [1.165, 1.54) is 25.3 Å². The van der Waals surface area contributed by atoms with Gasteiger partial charge in [-0.15, -0.1) is 0 Å². The third-order valence-corrected chi connectivity index (χ3v) is 4.20. The van der Waals surface area contributed by atoms with Crippen LogP contribution in [0.25, 0.3) is 5.57 Å². The molecular formula is C18H11F7O. The first kappa shape index (κ1) is 18.3. The van der Waals surface area contributed by atoms with E-state index in [1.807, 2.05) is 0 Å². The van der Waals surface area contributed by atoms with Crippen LogP contribution in [0.5, 0.6) is 5.75 Å². The second kappa shape index (κ2) is 6.34. The highest BCUT2D eigenvalue weighted by Crippen LogP contribution is 2.42. The minimum atomic E-state index is -5.57. The highest BCUT2D eigenvalue weighted by atomic mass is 19.4. The first-order valence-electron chi connectivity index (χ1n) is 7.48. The summed E-state index contributed by atoms with van der Waals surface area (Å²) in [6.07, 6.45) is -3.53. The lowest BCUT2D eigenvalue weighted by molar-refractivity contribution is -0.143. The van der Waals surface area contributed by atoms with Crippen LogP contribution in [0.15, 0.2) is 24.3 Å². The van der Waals surface area contributed by atoms with E-state index in [-0.39, 0.29) is 17.6 Å². The molecule has 0 bridgehead atoms. The maximum absolute atomic E-state index is 14.3. The Hall–Kier alpha value is -2.51. The van der Waals surface area contributed by atoms with E-state index in [0.29, 0.717) is 17.7 Å². The summed E-state index contributed by atoms with van der Waals surface area (Å²) in [5, 5.41) is 0. The molecule has 2 aromatic rings. The van der Waals surface area contributed by atoms with Gasteiger partial charge in [-0.05, 0) is 30.0 Å². The molecule has 0 spiro atoms. The molecule has 8 heteroatoms. The van der Waals surface area contributed by atoms with Gasteiger partial charge in [0.1, 0.15) is 11.3 Å². The van der Waals surface area contributed by atoms with Gasteiger partial charge in [-0.2, -0.15) is 13.2 Å². The standard InChI is InChI=1S/C18H11F7O/c1-26-11-7-3-4-8-9(11)5-2-6-10(8)12-14(19)16(21)13(18(23,24)25)17(22)15(12)20/h3-4,6-7H,2,5H2,1H3. The molecular weight excluding hydrogens is 365 g/mol. The summed E-state index contributed by atoms with van der Waals surface area (Å²) in [5.74, 6) is -8.71. The molecule has 0 saturated carbocycles. The van der Waals surface area contributed by atoms with E-state index < -0.39 is 40.6 Å². The summed E-state index contributed by atoms with van der Waals surface area (Å²) in [7, 11) is 1.38. The van der Waals surface area contributed by atoms with E-state index in [2.05, 4.69) is 0 Å². The Morgan fingerprint density at radius 2 is 1.54 bits per heavy atom. The normalized spacial score (nSPS) is 14.1. The van der Waals surface area contributed by atoms with Crippen LogP contribution in [0.3, 0.4) is 0 Å². The van der Waals surface area contributed by atoms with E-state index in [1.54, 1.807) is 6.07 Å². The van der Waals surface area contributed by atoms with E-state index in [0.717, 1.165) is 0 Å². The molecule has 0 atom stereocenters. The molecule has 0 N–H and O–H groups in total. The van der Waals surface area contributed by atoms with Gasteiger partial charge in [0.25, 0.3) is 0 Å². The molecule has 2 aromatic carbocycles. The molecule has 138 valence electrons. The fourth-order valence-electron chi connectivity index (χ4n) is 3.09. The van der Waals surface area contributed by atoms with Crippen LogP contribution in [0.1, 0.15) is 28.7 Å². The van der Waals surface area contributed by atoms with Gasteiger partial charge in [-0.1, -0.05) is 18.2 Å². The van der Waals surface area contributed by atoms with Gasteiger partial charge in [-0.25, -0.2) is 17.6 Å². The molecule has 3 rings (SSSR count). The number of alkyl halides is 3. The Morgan fingerprint density at radius 3 is 2.08 bits per heavy atom. The number of ether oxygens (including phenoxy) is 1. The first-order chi connectivity index (χ1) is 12.2. The number of allylic oxidation sites excluding steroid dienone is 1. The summed E-state index contributed by atoms with van der Waals surface area (Å²) in [4.78, 5) is 0. The predicted molar refractivity (Wildman–Crippen MR) is 79.7 cm³/mol. The third-order valence-electron chi connectivity index (χ3n) is 4.20. The fourth-order valence-corrected chi connectivity index (χ4v) is 3.09. The minimum absolute atomic E-state index is 0.216. The monoisotopic (exact) mass is 376 g/mol. The SMILES string of the molecule is COc1cccc2c1CCC=C2c1c(F)c(F)c(C(F)(F)F)c(F)c1F. The van der Waals surface area contributed by atoms with Crippen molar-refractivity contribution in [2.24, 2.45) is 0 Å². The molecule has 0 radical (unpaired) electrons. The summed E-state index contributed by atoms with van der Waals surface area (Å²) in [6, 6.07) is 4.56. The fraction of sp³-hybridized carbons (Fsp3) is 0.222. The van der Waals surface area contributed by atoms with Crippen LogP contribution in [0.2, 0.25) is 0 Å². The second-order valence-electron chi connectivity index (χ2n) is 5.65. The Bertz CT molecular complexity index is 884. The average molecular weight is 376 g/mol. The number of benzene rings is 2. The lowest BCUT2D eigenvalue weighted by Crippen LogP contribution is -2.17. The van der Waals surface area contributed by atoms with Gasteiger partial charge in [0.05, 0.1) is 12.7 Å². The van der Waals surface area contributed by atoms with Gasteiger partial charge in [0.15, 0.2) is 23.3 Å². The Morgan fingerprint density at radius 1 is 0.923 bits per heavy atom. The highest BCUT2D eigenvalue weighted by molar-refractivity contribution is 5.84. The minimum Gasteiger partial charge on any atom is -0.496 e. The van der Waals surface area contributed by atoms with E-state index in [9.17, 15) is 30.7 Å². The van der Waals surface area contributed by atoms with Crippen molar-refractivity contribution in [2.75, 3.05) is 7.11 Å². The zero-order valence-corrected chi connectivity index (χ0v) is 13.3. The van der Waals surface area contributed by atoms with Crippen LogP contribution in [0, 0.1) is 23.3 Å². The van der Waals surface area contributed by atoms with Crippen LogP contribution in [0.4, 0.5) is 30.7 Å². The molecule has 0 fully saturated rings. The topological polar surface area (TPSA) is 9.23 Å². The van der Waals surface area contributed by atoms with Crippen molar-refractivity contribution in [3.63, 3.8) is 0 Å². The van der Waals surface area contributed by atoms with Gasteiger partial charge in [-0.3, -0.25) is 0 Å². The van der Waals surface area contributed by atoms with Crippen molar-refractivity contribution >= 4 is 5.57 Å². The highest BCUT2D eigenvalue weighted by Gasteiger charge is 2.43. The van der Waals surface area contributed by atoms with Gasteiger partial charge in [0, 0.05) is 5.56 Å². The molecule has 1 aliphatic carbocycles. The van der Waals surface area contributed by atoms with Gasteiger partial charge in [0.2, 0.25) is 0 Å². The zero-order valence-electron chi connectivity index (χ0n) is 13.3. The van der Waals surface area contributed by atoms with Crippen molar-refractivity contribution in [1.29, 1.82) is 0 Å². The quantitative estimate of drug-likeness (QED) is 0.486. The molecule has 26 heavy (non-hydrogen) atoms. The van der Waals surface area contributed by atoms with Crippen molar-refractivity contribution < 1.29 is 35.5 Å². The molecule has 0 amide bonds. The first-order valence-corrected chi connectivity index (χ1v) is 7.48. The predicted octanol–water partition coefficient (Wildman–Crippen LogP) is 5.65. The van der Waals surface area contributed by atoms with E-state index >= 15 is 0 Å². The summed E-state index contributed by atoms with van der Waals surface area (Å²) in [6.45, 7) is 0. The molecule has 0 aliphatic heterocycles. The molecule has 0 unspecified atom stereocenters. The summed E-state index contributed by atoms with van der Waals surface area (Å²) in [5.41, 5.74) is -3.17. The number of hydrogen-bond acceptors (Lipinski definition) is 1. The van der Waals surface area contributed by atoms with Gasteiger partial charge < -0.3 is 4.74 Å². The van der Waals surface area contributed by atoms with Crippen LogP contribution < -0.4 is 4.74 Å². The Kier molecular flexibility index (Phi) is 4.46. The van der Waals surface area contributed by atoms with Crippen LogP contribution in [-0.2, 0) is 12.6 Å². The number of hydrogen-bond donors (Lipinski definition) is 0. The van der Waals surface area contributed by atoms with Crippen LogP contribution >= 0.6 is 0 Å². The largest absolute Gasteiger partial charge is 0.496 e. The smallest absolute Gasteiger partial charge is 0.422 e. The van der Waals surface area contributed by atoms with Crippen molar-refractivity contribution in [3.05, 3.63) is 69.8 Å². The van der Waals surface area contributed by atoms with Crippen molar-refractivity contribution in [3.8, 4) is 5.75 Å². The number of rotatable bonds is 2. The Labute approximate surface area is 143 Å². The zero-order chi connectivity index (χ0) is 19.2. The average Bonchev–Trinajstić information content (AvgIpc) is 2.59. The molecule has 0 aromatic heterocycles. The Balaban J connectivity index is 2.30. The maximum atomic E-state index is 14.3.